The van der Waals surface area contributed by atoms with Gasteiger partial charge in [-0.25, -0.2) is 0 Å². The second-order valence-electron chi connectivity index (χ2n) is 10.1. The number of amides is 3. The number of nitrogens with one attached hydrogen (secondary N) is 2. The number of benzene rings is 3. The zero-order valence-corrected chi connectivity index (χ0v) is 23.4. The van der Waals surface area contributed by atoms with Gasteiger partial charge in [0.05, 0.1) is 23.0 Å². The van der Waals surface area contributed by atoms with Gasteiger partial charge in [-0.2, -0.15) is 5.26 Å². The lowest BCUT2D eigenvalue weighted by atomic mass is 10.1. The van der Waals surface area contributed by atoms with E-state index in [0.717, 1.165) is 25.2 Å². The van der Waals surface area contributed by atoms with Crippen LogP contribution in [0.1, 0.15) is 43.1 Å². The molecule has 0 aliphatic carbocycles. The highest BCUT2D eigenvalue weighted by Crippen LogP contribution is 2.30. The average molecular weight is 571 g/mol. The fourth-order valence-corrected chi connectivity index (χ4v) is 5.31. The summed E-state index contributed by atoms with van der Waals surface area (Å²) in [5.74, 6) is -0.491. The Balaban J connectivity index is 1.37. The van der Waals surface area contributed by atoms with Crippen LogP contribution in [0.5, 0.6) is 0 Å². The minimum absolute atomic E-state index is 0.0747. The number of hydrogen-bond donors (Lipinski definition) is 2. The lowest BCUT2D eigenvalue weighted by Crippen LogP contribution is -2.49. The molecule has 2 aliphatic heterocycles. The zero-order valence-electron chi connectivity index (χ0n) is 22.6. The van der Waals surface area contributed by atoms with Crippen molar-refractivity contribution in [2.24, 2.45) is 0 Å². The van der Waals surface area contributed by atoms with Crippen LogP contribution in [0.2, 0.25) is 5.02 Å². The Bertz CT molecular complexity index is 1470. The Hall–Kier alpha value is -4.39. The number of nitrogens with zero attached hydrogens (tertiary/aromatic N) is 4. The van der Waals surface area contributed by atoms with Gasteiger partial charge in [0.25, 0.3) is 17.7 Å². The summed E-state index contributed by atoms with van der Waals surface area (Å²) in [4.78, 5) is 45.4. The molecule has 0 radical (unpaired) electrons. The van der Waals surface area contributed by atoms with Crippen molar-refractivity contribution in [2.75, 3.05) is 62.6 Å². The molecular formula is C31H31ClN6O3. The van der Waals surface area contributed by atoms with Gasteiger partial charge in [-0.05, 0) is 73.6 Å². The molecule has 0 aromatic heterocycles. The molecule has 2 saturated heterocycles. The summed E-state index contributed by atoms with van der Waals surface area (Å²) in [5, 5.41) is 15.9. The number of halogens is 1. The number of carbonyl (C=O) groups excluding carboxylic acids is 3. The van der Waals surface area contributed by atoms with E-state index < -0.39 is 0 Å². The Morgan fingerprint density at radius 2 is 1.46 bits per heavy atom. The maximum absolute atomic E-state index is 13.4. The smallest absolute Gasteiger partial charge is 0.255 e. The molecule has 210 valence electrons. The molecule has 3 aromatic rings. The molecule has 2 fully saturated rings. The van der Waals surface area contributed by atoms with E-state index in [2.05, 4.69) is 21.6 Å². The van der Waals surface area contributed by atoms with E-state index in [1.165, 1.54) is 0 Å². The number of carbonyl (C=O) groups is 3. The molecule has 0 saturated carbocycles. The first-order valence-corrected chi connectivity index (χ1v) is 14.1. The van der Waals surface area contributed by atoms with E-state index in [0.29, 0.717) is 72.2 Å². The predicted octanol–water partition coefficient (Wildman–Crippen LogP) is 3.86. The molecule has 0 unspecified atom stereocenters. The number of hydrogen-bond acceptors (Lipinski definition) is 6. The van der Waals surface area contributed by atoms with Crippen molar-refractivity contribution >= 4 is 40.7 Å². The monoisotopic (exact) mass is 570 g/mol. The molecule has 0 atom stereocenters. The van der Waals surface area contributed by atoms with Crippen molar-refractivity contribution in [2.45, 2.75) is 6.42 Å². The molecule has 9 nitrogen and oxygen atoms in total. The molecule has 0 bridgehead atoms. The molecule has 0 spiro atoms. The maximum atomic E-state index is 13.4. The number of rotatable bonds is 5. The molecule has 2 N–H and O–H groups in total. The number of anilines is 2. The largest absolute Gasteiger partial charge is 0.366 e. The van der Waals surface area contributed by atoms with Gasteiger partial charge in [0.2, 0.25) is 0 Å². The van der Waals surface area contributed by atoms with E-state index in [4.69, 9.17) is 16.9 Å². The standard InChI is InChI=1S/C31H31ClN6O3/c32-26-4-1-3-24(19-26)30(40)38-17-15-36(16-18-38)28-10-9-25(31(41)37-13-2-11-34-12-14-37)20-27(28)35-29(39)23-7-5-22(21-33)6-8-23/h1,3-10,19-20,34H,2,11-18H2,(H,35,39). The number of nitriles is 1. The van der Waals surface area contributed by atoms with Crippen LogP contribution in [0, 0.1) is 11.3 Å². The van der Waals surface area contributed by atoms with Crippen molar-refractivity contribution in [1.82, 2.24) is 15.1 Å². The minimum atomic E-state index is -0.339. The van der Waals surface area contributed by atoms with Crippen molar-refractivity contribution < 1.29 is 14.4 Å². The fourth-order valence-electron chi connectivity index (χ4n) is 5.12. The van der Waals surface area contributed by atoms with E-state index in [9.17, 15) is 14.4 Å². The lowest BCUT2D eigenvalue weighted by molar-refractivity contribution is 0.0743. The van der Waals surface area contributed by atoms with Gasteiger partial charge in [-0.1, -0.05) is 17.7 Å². The van der Waals surface area contributed by atoms with Crippen molar-refractivity contribution in [3.05, 3.63) is 94.0 Å². The highest BCUT2D eigenvalue weighted by molar-refractivity contribution is 6.31. The normalized spacial score (nSPS) is 15.6. The third-order valence-electron chi connectivity index (χ3n) is 7.37. The van der Waals surface area contributed by atoms with Crippen LogP contribution in [-0.2, 0) is 0 Å². The Morgan fingerprint density at radius 1 is 0.780 bits per heavy atom. The molecule has 41 heavy (non-hydrogen) atoms. The van der Waals surface area contributed by atoms with Gasteiger partial charge >= 0.3 is 0 Å². The van der Waals surface area contributed by atoms with Crippen LogP contribution in [0.3, 0.4) is 0 Å². The van der Waals surface area contributed by atoms with Crippen molar-refractivity contribution in [1.29, 1.82) is 5.26 Å². The van der Waals surface area contributed by atoms with Crippen LogP contribution in [0.25, 0.3) is 0 Å². The molecule has 10 heteroatoms. The van der Waals surface area contributed by atoms with Gasteiger partial charge < -0.3 is 25.3 Å². The van der Waals surface area contributed by atoms with Crippen LogP contribution >= 0.6 is 11.6 Å². The van der Waals surface area contributed by atoms with Crippen LogP contribution in [0.15, 0.2) is 66.7 Å². The fraction of sp³-hybridized carbons (Fsp3) is 0.290. The highest BCUT2D eigenvalue weighted by atomic mass is 35.5. The Morgan fingerprint density at radius 3 is 2.17 bits per heavy atom. The zero-order chi connectivity index (χ0) is 28.8. The van der Waals surface area contributed by atoms with Crippen LogP contribution in [0.4, 0.5) is 11.4 Å². The molecule has 3 aromatic carbocycles. The minimum Gasteiger partial charge on any atom is -0.366 e. The quantitative estimate of drug-likeness (QED) is 0.482. The van der Waals surface area contributed by atoms with E-state index in [1.807, 2.05) is 11.0 Å². The Kier molecular flexibility index (Phi) is 8.82. The van der Waals surface area contributed by atoms with Crippen LogP contribution in [-0.4, -0.2) is 79.9 Å². The van der Waals surface area contributed by atoms with Crippen LogP contribution < -0.4 is 15.5 Å². The van der Waals surface area contributed by atoms with Gasteiger partial charge in [0.1, 0.15) is 0 Å². The van der Waals surface area contributed by atoms with Crippen molar-refractivity contribution in [3.63, 3.8) is 0 Å². The first-order chi connectivity index (χ1) is 19.9. The Labute approximate surface area is 244 Å². The van der Waals surface area contributed by atoms with E-state index >= 15 is 0 Å². The van der Waals surface area contributed by atoms with Gasteiger partial charge in [-0.3, -0.25) is 14.4 Å². The molecule has 5 rings (SSSR count). The van der Waals surface area contributed by atoms with Gasteiger partial charge in [-0.15, -0.1) is 0 Å². The summed E-state index contributed by atoms with van der Waals surface area (Å²) in [6, 6.07) is 20.8. The number of piperazine rings is 1. The first kappa shape index (κ1) is 28.1. The summed E-state index contributed by atoms with van der Waals surface area (Å²) in [7, 11) is 0. The molecule has 2 aliphatic rings. The predicted molar refractivity (Wildman–Crippen MR) is 159 cm³/mol. The summed E-state index contributed by atoms with van der Waals surface area (Å²) < 4.78 is 0. The average Bonchev–Trinajstić information content (AvgIpc) is 3.30. The maximum Gasteiger partial charge on any atom is 0.255 e. The summed E-state index contributed by atoms with van der Waals surface area (Å²) >= 11 is 6.08. The van der Waals surface area contributed by atoms with Gasteiger partial charge in [0.15, 0.2) is 0 Å². The molecular weight excluding hydrogens is 540 g/mol. The summed E-state index contributed by atoms with van der Waals surface area (Å²) in [6.45, 7) is 5.00. The van der Waals surface area contributed by atoms with Gasteiger partial charge in [0, 0.05) is 67.5 Å². The lowest BCUT2D eigenvalue weighted by Gasteiger charge is -2.37. The molecule has 3 amide bonds. The second-order valence-corrected chi connectivity index (χ2v) is 10.5. The van der Waals surface area contributed by atoms with E-state index in [1.54, 1.807) is 65.6 Å². The highest BCUT2D eigenvalue weighted by Gasteiger charge is 2.26. The summed E-state index contributed by atoms with van der Waals surface area (Å²) in [5.41, 5.74) is 3.21. The second kappa shape index (κ2) is 12.9. The van der Waals surface area contributed by atoms with Crippen molar-refractivity contribution in [3.8, 4) is 6.07 Å². The summed E-state index contributed by atoms with van der Waals surface area (Å²) in [6.07, 6.45) is 0.879. The topological polar surface area (TPSA) is 109 Å². The molecule has 2 heterocycles. The third-order valence-corrected chi connectivity index (χ3v) is 7.61. The first-order valence-electron chi connectivity index (χ1n) is 13.7. The third kappa shape index (κ3) is 6.68. The van der Waals surface area contributed by atoms with E-state index in [-0.39, 0.29) is 17.7 Å². The SMILES string of the molecule is N#Cc1ccc(C(=O)Nc2cc(C(=O)N3CCCNCC3)ccc2N2CCN(C(=O)c3cccc(Cl)c3)CC2)cc1.